The molecule has 1 rings (SSSR count). The number of hydrogen-bond donors (Lipinski definition) is 2. The van der Waals surface area contributed by atoms with Crippen molar-refractivity contribution in [3.63, 3.8) is 0 Å². The first-order chi connectivity index (χ1) is 9.90. The van der Waals surface area contributed by atoms with Crippen molar-refractivity contribution >= 4 is 16.0 Å². The third-order valence-corrected chi connectivity index (χ3v) is 4.36. The fraction of sp³-hybridized carbons (Fsp3) is 0.500. The Kier molecular flexibility index (Phi) is 6.80. The Morgan fingerprint density at radius 1 is 1.33 bits per heavy atom. The van der Waals surface area contributed by atoms with E-state index in [0.29, 0.717) is 12.0 Å². The zero-order valence-corrected chi connectivity index (χ0v) is 13.0. The minimum atomic E-state index is -3.61. The van der Waals surface area contributed by atoms with Crippen molar-refractivity contribution < 1.29 is 23.1 Å². The van der Waals surface area contributed by atoms with E-state index >= 15 is 0 Å². The number of benzene rings is 1. The summed E-state index contributed by atoms with van der Waals surface area (Å²) >= 11 is 0. The first kappa shape index (κ1) is 17.6. The molecule has 0 aliphatic heterocycles. The van der Waals surface area contributed by atoms with Crippen molar-refractivity contribution in [2.24, 2.45) is 5.92 Å². The highest BCUT2D eigenvalue weighted by molar-refractivity contribution is 7.89. The smallest absolute Gasteiger partial charge is 0.338 e. The zero-order valence-electron chi connectivity index (χ0n) is 12.2. The second kappa shape index (κ2) is 8.11. The standard InChI is InChI=1S/C14H21NO5S/c1-3-20-14(17)12-4-6-13(7-5-12)21(18,19)15-10-11(2)8-9-16/h4-7,11,15-16H,3,8-10H2,1-2H3. The number of carbonyl (C=O) groups excluding carboxylic acids is 1. The Morgan fingerprint density at radius 3 is 2.48 bits per heavy atom. The van der Waals surface area contributed by atoms with E-state index < -0.39 is 16.0 Å². The number of sulfonamides is 1. The first-order valence-corrected chi connectivity index (χ1v) is 8.26. The molecule has 0 heterocycles. The number of ether oxygens (including phenoxy) is 1. The van der Waals surface area contributed by atoms with E-state index in [4.69, 9.17) is 9.84 Å². The van der Waals surface area contributed by atoms with Crippen LogP contribution in [0.2, 0.25) is 0 Å². The van der Waals surface area contributed by atoms with Gasteiger partial charge in [0, 0.05) is 13.2 Å². The maximum atomic E-state index is 12.1. The van der Waals surface area contributed by atoms with Gasteiger partial charge in [0.1, 0.15) is 0 Å². The lowest BCUT2D eigenvalue weighted by atomic mass is 10.1. The van der Waals surface area contributed by atoms with Gasteiger partial charge in [-0.25, -0.2) is 17.9 Å². The number of carbonyl (C=O) groups is 1. The van der Waals surface area contributed by atoms with Gasteiger partial charge in [0.15, 0.2) is 0 Å². The van der Waals surface area contributed by atoms with Gasteiger partial charge >= 0.3 is 5.97 Å². The molecule has 0 bridgehead atoms. The van der Waals surface area contributed by atoms with Crippen LogP contribution in [0, 0.1) is 5.92 Å². The highest BCUT2D eigenvalue weighted by atomic mass is 32.2. The highest BCUT2D eigenvalue weighted by Crippen LogP contribution is 2.12. The molecular weight excluding hydrogens is 294 g/mol. The third kappa shape index (κ3) is 5.45. The molecule has 0 aliphatic carbocycles. The molecule has 0 aromatic heterocycles. The van der Waals surface area contributed by atoms with Gasteiger partial charge in [-0.2, -0.15) is 0 Å². The van der Waals surface area contributed by atoms with Crippen LogP contribution in [0.1, 0.15) is 30.6 Å². The van der Waals surface area contributed by atoms with Crippen LogP contribution in [0.25, 0.3) is 0 Å². The second-order valence-corrected chi connectivity index (χ2v) is 6.48. The van der Waals surface area contributed by atoms with E-state index in [1.807, 2.05) is 6.92 Å². The molecule has 2 N–H and O–H groups in total. The van der Waals surface area contributed by atoms with Crippen molar-refractivity contribution in [2.45, 2.75) is 25.2 Å². The minimum absolute atomic E-state index is 0.0249. The molecule has 7 heteroatoms. The van der Waals surface area contributed by atoms with Gasteiger partial charge in [-0.05, 0) is 43.5 Å². The van der Waals surface area contributed by atoms with Crippen molar-refractivity contribution in [1.82, 2.24) is 4.72 Å². The molecule has 1 aromatic rings. The Hall–Kier alpha value is -1.44. The molecule has 1 unspecified atom stereocenters. The van der Waals surface area contributed by atoms with Gasteiger partial charge in [0.2, 0.25) is 10.0 Å². The topological polar surface area (TPSA) is 92.7 Å². The van der Waals surface area contributed by atoms with Crippen LogP contribution in [-0.4, -0.2) is 39.3 Å². The summed E-state index contributed by atoms with van der Waals surface area (Å²) in [6.45, 7) is 4.10. The summed E-state index contributed by atoms with van der Waals surface area (Å²) in [4.78, 5) is 11.6. The average Bonchev–Trinajstić information content (AvgIpc) is 2.46. The van der Waals surface area contributed by atoms with Crippen LogP contribution >= 0.6 is 0 Å². The van der Waals surface area contributed by atoms with E-state index in [-0.39, 0.29) is 30.6 Å². The fourth-order valence-electron chi connectivity index (χ4n) is 1.64. The molecular formula is C14H21NO5S. The van der Waals surface area contributed by atoms with Crippen LogP contribution in [0.3, 0.4) is 0 Å². The lowest BCUT2D eigenvalue weighted by Crippen LogP contribution is -2.28. The molecule has 0 amide bonds. The Morgan fingerprint density at radius 2 is 1.95 bits per heavy atom. The maximum absolute atomic E-state index is 12.1. The van der Waals surface area contributed by atoms with Crippen LogP contribution in [0.4, 0.5) is 0 Å². The van der Waals surface area contributed by atoms with E-state index in [1.165, 1.54) is 24.3 Å². The summed E-state index contributed by atoms with van der Waals surface area (Å²) in [7, 11) is -3.61. The van der Waals surface area contributed by atoms with Gasteiger partial charge in [-0.15, -0.1) is 0 Å². The number of hydrogen-bond acceptors (Lipinski definition) is 5. The average molecular weight is 315 g/mol. The minimum Gasteiger partial charge on any atom is -0.462 e. The molecule has 0 aliphatic rings. The van der Waals surface area contributed by atoms with Crippen LogP contribution in [0.15, 0.2) is 29.2 Å². The summed E-state index contributed by atoms with van der Waals surface area (Å²) in [6, 6.07) is 5.57. The highest BCUT2D eigenvalue weighted by Gasteiger charge is 2.16. The van der Waals surface area contributed by atoms with Crippen molar-refractivity contribution in [3.8, 4) is 0 Å². The zero-order chi connectivity index (χ0) is 15.9. The molecule has 0 spiro atoms. The van der Waals surface area contributed by atoms with Crippen LogP contribution in [0.5, 0.6) is 0 Å². The third-order valence-electron chi connectivity index (χ3n) is 2.92. The predicted octanol–water partition coefficient (Wildman–Crippen LogP) is 1.16. The first-order valence-electron chi connectivity index (χ1n) is 6.78. The summed E-state index contributed by atoms with van der Waals surface area (Å²) < 4.78 is 31.4. The van der Waals surface area contributed by atoms with E-state index in [1.54, 1.807) is 6.92 Å². The summed E-state index contributed by atoms with van der Waals surface area (Å²) in [5.74, 6) is -0.436. The predicted molar refractivity (Wildman–Crippen MR) is 78.5 cm³/mol. The summed E-state index contributed by atoms with van der Waals surface area (Å²) in [5, 5.41) is 8.79. The monoisotopic (exact) mass is 315 g/mol. The van der Waals surface area contributed by atoms with Gasteiger partial charge in [0.05, 0.1) is 17.1 Å². The van der Waals surface area contributed by atoms with E-state index in [9.17, 15) is 13.2 Å². The Bertz CT molecular complexity index is 553. The number of aliphatic hydroxyl groups is 1. The molecule has 6 nitrogen and oxygen atoms in total. The maximum Gasteiger partial charge on any atom is 0.338 e. The van der Waals surface area contributed by atoms with E-state index in [2.05, 4.69) is 4.72 Å². The number of aliphatic hydroxyl groups excluding tert-OH is 1. The number of esters is 1. The molecule has 118 valence electrons. The quantitative estimate of drug-likeness (QED) is 0.702. The number of rotatable bonds is 8. The molecule has 0 saturated heterocycles. The Balaban J connectivity index is 2.73. The van der Waals surface area contributed by atoms with Gasteiger partial charge < -0.3 is 9.84 Å². The van der Waals surface area contributed by atoms with Crippen molar-refractivity contribution in [3.05, 3.63) is 29.8 Å². The molecule has 0 saturated carbocycles. The van der Waals surface area contributed by atoms with E-state index in [0.717, 1.165) is 0 Å². The van der Waals surface area contributed by atoms with Crippen molar-refractivity contribution in [2.75, 3.05) is 19.8 Å². The molecule has 0 fully saturated rings. The van der Waals surface area contributed by atoms with Crippen LogP contribution in [-0.2, 0) is 14.8 Å². The lowest BCUT2D eigenvalue weighted by Gasteiger charge is -2.12. The van der Waals surface area contributed by atoms with Crippen LogP contribution < -0.4 is 4.72 Å². The summed E-state index contributed by atoms with van der Waals surface area (Å²) in [5.41, 5.74) is 0.310. The SMILES string of the molecule is CCOC(=O)c1ccc(S(=O)(=O)NCC(C)CCO)cc1. The normalized spacial score (nSPS) is 12.9. The molecule has 1 atom stereocenters. The largest absolute Gasteiger partial charge is 0.462 e. The van der Waals surface area contributed by atoms with Gasteiger partial charge in [0.25, 0.3) is 0 Å². The second-order valence-electron chi connectivity index (χ2n) is 4.71. The molecule has 21 heavy (non-hydrogen) atoms. The van der Waals surface area contributed by atoms with Gasteiger partial charge in [-0.1, -0.05) is 6.92 Å². The summed E-state index contributed by atoms with van der Waals surface area (Å²) in [6.07, 6.45) is 0.532. The molecule has 1 aromatic carbocycles. The number of nitrogens with one attached hydrogen (secondary N) is 1. The van der Waals surface area contributed by atoms with Gasteiger partial charge in [-0.3, -0.25) is 0 Å². The Labute approximate surface area is 125 Å². The van der Waals surface area contributed by atoms with Crippen molar-refractivity contribution in [1.29, 1.82) is 0 Å². The lowest BCUT2D eigenvalue weighted by molar-refractivity contribution is 0.0526. The molecule has 0 radical (unpaired) electrons. The fourth-order valence-corrected chi connectivity index (χ4v) is 2.81.